The monoisotopic (exact) mass is 335 g/mol. The van der Waals surface area contributed by atoms with Gasteiger partial charge < -0.3 is 21.5 Å². The molecular weight excluding hydrogens is 314 g/mol. The zero-order chi connectivity index (χ0) is 17.9. The predicted molar refractivity (Wildman–Crippen MR) is 78.8 cm³/mol. The van der Waals surface area contributed by atoms with E-state index in [2.05, 4.69) is 23.3 Å². The molecule has 0 spiro atoms. The Kier molecular flexibility index (Phi) is 11.9. The second-order valence-electron chi connectivity index (χ2n) is 4.67. The molecular formula is C12H21N3O6S. The molecule has 9 nitrogen and oxygen atoms in total. The molecule has 0 aliphatic heterocycles. The minimum Gasteiger partial charge on any atom is -0.480 e. The van der Waals surface area contributed by atoms with Crippen molar-refractivity contribution in [2.45, 2.75) is 38.9 Å². The van der Waals surface area contributed by atoms with Gasteiger partial charge in [0.15, 0.2) is 0 Å². The number of carbonyl (C=O) groups excluding carboxylic acids is 4. The number of nitrogens with one attached hydrogen (secondary N) is 2. The average Bonchev–Trinajstić information content (AvgIpc) is 2.43. The molecule has 22 heavy (non-hydrogen) atoms. The fraction of sp³-hybridized carbons (Fsp3) is 0.667. The number of aliphatic carboxylic acids is 1. The fourth-order valence-electron chi connectivity index (χ4n) is 1.16. The molecule has 3 atom stereocenters. The molecule has 0 heterocycles. The van der Waals surface area contributed by atoms with E-state index < -0.39 is 35.9 Å². The zero-order valence-corrected chi connectivity index (χ0v) is 13.4. The molecule has 0 saturated carbocycles. The number of carboxylic acid groups (broad SMARTS) is 1. The molecule has 0 fully saturated rings. The first-order valence-electron chi connectivity index (χ1n) is 6.31. The van der Waals surface area contributed by atoms with Crippen LogP contribution in [0.5, 0.6) is 0 Å². The van der Waals surface area contributed by atoms with Crippen LogP contribution in [0.4, 0.5) is 0 Å². The van der Waals surface area contributed by atoms with Crippen molar-refractivity contribution in [3.8, 4) is 0 Å². The van der Waals surface area contributed by atoms with Crippen LogP contribution < -0.4 is 16.4 Å². The molecule has 5 N–H and O–H groups in total. The van der Waals surface area contributed by atoms with Crippen LogP contribution in [0.3, 0.4) is 0 Å². The molecule has 10 heteroatoms. The highest BCUT2D eigenvalue weighted by Crippen LogP contribution is 1.99. The Morgan fingerprint density at radius 3 is 1.91 bits per heavy atom. The van der Waals surface area contributed by atoms with E-state index in [0.717, 1.165) is 0 Å². The van der Waals surface area contributed by atoms with Gasteiger partial charge in [0, 0.05) is 5.75 Å². The molecule has 2 amide bonds. The second-order valence-corrected chi connectivity index (χ2v) is 5.03. The summed E-state index contributed by atoms with van der Waals surface area (Å²) in [6, 6.07) is -2.66. The number of nitrogens with two attached hydrogens (primary N) is 1. The molecule has 0 saturated heterocycles. The summed E-state index contributed by atoms with van der Waals surface area (Å²) in [6.45, 7) is 5.03. The lowest BCUT2D eigenvalue weighted by Gasteiger charge is -2.20. The third kappa shape index (κ3) is 9.11. The van der Waals surface area contributed by atoms with Crippen LogP contribution in [0.15, 0.2) is 0 Å². The Bertz CT molecular complexity index is 423. The predicted octanol–water partition coefficient (Wildman–Crippen LogP) is -1.61. The lowest BCUT2D eigenvalue weighted by Crippen LogP contribution is -2.54. The number of carbonyl (C=O) groups is 3. The Hall–Kier alpha value is -1.90. The van der Waals surface area contributed by atoms with Gasteiger partial charge in [-0.1, -0.05) is 13.8 Å². The minimum absolute atomic E-state index is 0.0345. The van der Waals surface area contributed by atoms with E-state index in [1.54, 1.807) is 13.8 Å². The maximum Gasteiger partial charge on any atom is 0.373 e. The van der Waals surface area contributed by atoms with Crippen LogP contribution in [0, 0.1) is 5.92 Å². The van der Waals surface area contributed by atoms with Crippen molar-refractivity contribution < 1.29 is 29.1 Å². The number of thiol groups is 1. The third-order valence-corrected chi connectivity index (χ3v) is 2.94. The maximum absolute atomic E-state index is 11.7. The maximum atomic E-state index is 11.7. The van der Waals surface area contributed by atoms with Crippen LogP contribution in [0.2, 0.25) is 0 Å². The van der Waals surface area contributed by atoms with Gasteiger partial charge in [0.1, 0.15) is 12.1 Å². The summed E-state index contributed by atoms with van der Waals surface area (Å²) >= 11 is 3.82. The number of amides is 2. The van der Waals surface area contributed by atoms with E-state index in [4.69, 9.17) is 20.4 Å². The molecule has 0 unspecified atom stereocenters. The van der Waals surface area contributed by atoms with Gasteiger partial charge in [-0.3, -0.25) is 9.59 Å². The Morgan fingerprint density at radius 1 is 1.14 bits per heavy atom. The summed E-state index contributed by atoms with van der Waals surface area (Å²) in [5.41, 5.74) is 5.63. The average molecular weight is 335 g/mol. The molecule has 0 aliphatic carbocycles. The van der Waals surface area contributed by atoms with Gasteiger partial charge in [-0.15, -0.1) is 0 Å². The lowest BCUT2D eigenvalue weighted by molar-refractivity contribution is -0.191. The SMILES string of the molecule is CC(C)[C@H](N)C(=O)N[C@@H](C)C(=O)N[C@@H](CS)C(=O)O.O=C=O. The first kappa shape index (κ1) is 22.4. The van der Waals surface area contributed by atoms with Crippen LogP contribution in [-0.2, 0) is 24.0 Å². The first-order chi connectivity index (χ1) is 10.1. The Labute approximate surface area is 133 Å². The van der Waals surface area contributed by atoms with Gasteiger partial charge >= 0.3 is 12.1 Å². The van der Waals surface area contributed by atoms with Crippen molar-refractivity contribution in [2.24, 2.45) is 11.7 Å². The van der Waals surface area contributed by atoms with E-state index >= 15 is 0 Å². The third-order valence-electron chi connectivity index (χ3n) is 2.57. The van der Waals surface area contributed by atoms with Crippen molar-refractivity contribution in [3.05, 3.63) is 0 Å². The molecule has 0 aliphatic rings. The van der Waals surface area contributed by atoms with E-state index in [1.807, 2.05) is 0 Å². The van der Waals surface area contributed by atoms with Gasteiger partial charge in [0.2, 0.25) is 11.8 Å². The lowest BCUT2D eigenvalue weighted by atomic mass is 10.0. The van der Waals surface area contributed by atoms with Crippen molar-refractivity contribution in [1.29, 1.82) is 0 Å². The Morgan fingerprint density at radius 2 is 1.59 bits per heavy atom. The largest absolute Gasteiger partial charge is 0.480 e. The normalized spacial score (nSPS) is 13.7. The van der Waals surface area contributed by atoms with Crippen LogP contribution >= 0.6 is 12.6 Å². The van der Waals surface area contributed by atoms with Gasteiger partial charge in [0.25, 0.3) is 0 Å². The summed E-state index contributed by atoms with van der Waals surface area (Å²) < 4.78 is 0. The smallest absolute Gasteiger partial charge is 0.373 e. The van der Waals surface area contributed by atoms with Crippen LogP contribution in [0.1, 0.15) is 20.8 Å². The van der Waals surface area contributed by atoms with E-state index in [1.165, 1.54) is 6.92 Å². The van der Waals surface area contributed by atoms with Crippen molar-refractivity contribution in [2.75, 3.05) is 5.75 Å². The summed E-state index contributed by atoms with van der Waals surface area (Å²) in [4.78, 5) is 50.3. The molecule has 0 aromatic rings. The van der Waals surface area contributed by atoms with Gasteiger partial charge in [0.05, 0.1) is 6.04 Å². The number of carboxylic acids is 1. The second kappa shape index (κ2) is 11.7. The molecule has 126 valence electrons. The summed E-state index contributed by atoms with van der Waals surface area (Å²) in [5.74, 6) is -2.31. The number of rotatable bonds is 7. The number of hydrogen-bond donors (Lipinski definition) is 5. The summed E-state index contributed by atoms with van der Waals surface area (Å²) in [7, 11) is 0. The van der Waals surface area contributed by atoms with Crippen LogP contribution in [-0.4, -0.2) is 52.9 Å². The van der Waals surface area contributed by atoms with Crippen molar-refractivity contribution >= 4 is 36.6 Å². The zero-order valence-electron chi connectivity index (χ0n) is 12.5. The highest BCUT2D eigenvalue weighted by molar-refractivity contribution is 7.80. The van der Waals surface area contributed by atoms with E-state index in [-0.39, 0.29) is 17.8 Å². The van der Waals surface area contributed by atoms with Crippen molar-refractivity contribution in [1.82, 2.24) is 10.6 Å². The first-order valence-corrected chi connectivity index (χ1v) is 6.94. The van der Waals surface area contributed by atoms with E-state index in [9.17, 15) is 14.4 Å². The highest BCUT2D eigenvalue weighted by atomic mass is 32.1. The standard InChI is InChI=1S/C11H21N3O4S.CO2/c1-5(2)8(12)10(16)13-6(3)9(15)14-7(4-19)11(17)18;2-1-3/h5-8,19H,4,12H2,1-3H3,(H,13,16)(H,14,15)(H,17,18);/t6-,7-,8-;/m0./s1. The summed E-state index contributed by atoms with van der Waals surface area (Å²) in [5, 5.41) is 13.5. The molecule has 0 aromatic carbocycles. The molecule has 0 aromatic heterocycles. The van der Waals surface area contributed by atoms with Crippen molar-refractivity contribution in [3.63, 3.8) is 0 Å². The fourth-order valence-corrected chi connectivity index (χ4v) is 1.41. The van der Waals surface area contributed by atoms with Gasteiger partial charge in [-0.05, 0) is 12.8 Å². The highest BCUT2D eigenvalue weighted by Gasteiger charge is 2.25. The van der Waals surface area contributed by atoms with E-state index in [0.29, 0.717) is 0 Å². The Balaban J connectivity index is 0. The molecule has 0 bridgehead atoms. The van der Waals surface area contributed by atoms with Crippen LogP contribution in [0.25, 0.3) is 0 Å². The number of hydrogen-bond acceptors (Lipinski definition) is 7. The molecule has 0 rings (SSSR count). The van der Waals surface area contributed by atoms with Gasteiger partial charge in [-0.2, -0.15) is 22.2 Å². The summed E-state index contributed by atoms with van der Waals surface area (Å²) in [6.07, 6.45) is 0.250. The minimum atomic E-state index is -1.18. The molecule has 0 radical (unpaired) electrons. The van der Waals surface area contributed by atoms with Gasteiger partial charge in [-0.25, -0.2) is 4.79 Å². The topological polar surface area (TPSA) is 156 Å². The quantitative estimate of drug-likeness (QED) is 0.350.